The molecule has 3 fully saturated rings. The monoisotopic (exact) mass is 416 g/mol. The van der Waals surface area contributed by atoms with Gasteiger partial charge in [0.05, 0.1) is 5.02 Å². The predicted molar refractivity (Wildman–Crippen MR) is 111 cm³/mol. The van der Waals surface area contributed by atoms with Crippen molar-refractivity contribution in [1.82, 2.24) is 10.2 Å². The molecule has 3 aliphatic heterocycles. The highest BCUT2D eigenvalue weighted by molar-refractivity contribution is 6.32. The van der Waals surface area contributed by atoms with Gasteiger partial charge in [0.25, 0.3) is 5.91 Å². The number of nitrogens with one attached hydrogen (secondary N) is 1. The number of aryl methyl sites for hydroxylation is 1. The van der Waals surface area contributed by atoms with Crippen LogP contribution in [0.4, 0.5) is 0 Å². The lowest BCUT2D eigenvalue weighted by Crippen LogP contribution is -2.41. The lowest BCUT2D eigenvalue weighted by Gasteiger charge is -2.23. The maximum absolute atomic E-state index is 13.0. The van der Waals surface area contributed by atoms with Crippen molar-refractivity contribution in [1.29, 1.82) is 0 Å². The Balaban J connectivity index is 1.35. The molecular weight excluding hydrogens is 392 g/mol. The minimum atomic E-state index is -0.660. The molecule has 5 atom stereocenters. The molecule has 1 aromatic heterocycles. The first kappa shape index (κ1) is 18.9. The molecule has 1 N–H and O–H groups in total. The lowest BCUT2D eigenvalue weighted by molar-refractivity contribution is -0.137. The normalized spacial score (nSPS) is 28.8. The van der Waals surface area contributed by atoms with E-state index in [0.717, 1.165) is 24.0 Å². The summed E-state index contributed by atoms with van der Waals surface area (Å²) in [5.74, 6) is 1.47. The van der Waals surface area contributed by atoms with Crippen LogP contribution in [-0.4, -0.2) is 42.1 Å². The molecule has 0 spiro atoms. The minimum Gasteiger partial charge on any atom is -0.479 e. The van der Waals surface area contributed by atoms with E-state index in [2.05, 4.69) is 5.32 Å². The average molecular weight is 417 g/mol. The van der Waals surface area contributed by atoms with Crippen LogP contribution in [0.3, 0.4) is 0 Å². The summed E-state index contributed by atoms with van der Waals surface area (Å²) in [6, 6.07) is 4.46. The molecular formula is C22H25ClN2O4. The number of rotatable bonds is 3. The number of likely N-dealkylation sites (tertiary alicyclic amines) is 1. The van der Waals surface area contributed by atoms with Crippen molar-refractivity contribution in [2.45, 2.75) is 51.8 Å². The first-order valence-corrected chi connectivity index (χ1v) is 10.7. The number of carbonyl (C=O) groups is 1. The van der Waals surface area contributed by atoms with Crippen LogP contribution in [0, 0.1) is 25.7 Å². The fraction of sp³-hybridized carbons (Fsp3) is 0.545. The standard InChI is InChI=1S/C22H25ClN2O4/c1-10-11(2)22(27)29-19-7-20(16(23)6-13(10)19)28-12(3)21(26)25-8-14-15(9-25)18-5-4-17(14)24-18/h6-7,12,14-15,17-18,24H,4-5,8-9H2,1-3H3/t12?,14-,15+,17-,18+. The van der Waals surface area contributed by atoms with Gasteiger partial charge >= 0.3 is 5.63 Å². The highest BCUT2D eigenvalue weighted by Gasteiger charge is 2.52. The number of fused-ring (bicyclic) bond motifs is 6. The first-order chi connectivity index (χ1) is 13.8. The number of halogens is 1. The van der Waals surface area contributed by atoms with Gasteiger partial charge < -0.3 is 19.4 Å². The molecule has 1 unspecified atom stereocenters. The SMILES string of the molecule is Cc1c(C)c2cc(Cl)c(OC(C)C(=O)N3C[C@@H]4[C@H](C3)[C@@H]3CC[C@H]4N3)cc2oc1=O. The Hall–Kier alpha value is -2.05. The Labute approximate surface area is 174 Å². The zero-order valence-electron chi connectivity index (χ0n) is 16.8. The molecule has 2 aromatic rings. The summed E-state index contributed by atoms with van der Waals surface area (Å²) in [6.45, 7) is 6.94. The molecule has 0 saturated carbocycles. The van der Waals surface area contributed by atoms with Crippen LogP contribution < -0.4 is 15.7 Å². The Morgan fingerprint density at radius 2 is 1.86 bits per heavy atom. The molecule has 2 bridgehead atoms. The number of hydrogen-bond acceptors (Lipinski definition) is 5. The first-order valence-electron chi connectivity index (χ1n) is 10.3. The largest absolute Gasteiger partial charge is 0.479 e. The topological polar surface area (TPSA) is 71.8 Å². The molecule has 7 heteroatoms. The van der Waals surface area contributed by atoms with E-state index in [1.807, 2.05) is 11.8 Å². The summed E-state index contributed by atoms with van der Waals surface area (Å²) in [5, 5.41) is 4.84. The molecule has 1 amide bonds. The highest BCUT2D eigenvalue weighted by atomic mass is 35.5. The van der Waals surface area contributed by atoms with Gasteiger partial charge in [-0.25, -0.2) is 4.79 Å². The third kappa shape index (κ3) is 2.96. The molecule has 154 valence electrons. The van der Waals surface area contributed by atoms with Crippen LogP contribution in [0.1, 0.15) is 30.9 Å². The Morgan fingerprint density at radius 3 is 2.52 bits per heavy atom. The Morgan fingerprint density at radius 1 is 1.21 bits per heavy atom. The van der Waals surface area contributed by atoms with Crippen LogP contribution in [0.2, 0.25) is 5.02 Å². The number of benzene rings is 1. The summed E-state index contributed by atoms with van der Waals surface area (Å²) >= 11 is 6.42. The van der Waals surface area contributed by atoms with E-state index in [-0.39, 0.29) is 11.5 Å². The van der Waals surface area contributed by atoms with Gasteiger partial charge in [-0.2, -0.15) is 0 Å². The van der Waals surface area contributed by atoms with Gasteiger partial charge in [-0.15, -0.1) is 0 Å². The van der Waals surface area contributed by atoms with Crippen LogP contribution in [0.5, 0.6) is 5.75 Å². The number of hydrogen-bond donors (Lipinski definition) is 1. The van der Waals surface area contributed by atoms with Crippen molar-refractivity contribution < 1.29 is 13.9 Å². The van der Waals surface area contributed by atoms with Gasteiger partial charge in [-0.1, -0.05) is 11.6 Å². The molecule has 3 aliphatic rings. The molecule has 29 heavy (non-hydrogen) atoms. The second-order valence-electron chi connectivity index (χ2n) is 8.71. The lowest BCUT2D eigenvalue weighted by atomic mass is 9.82. The highest BCUT2D eigenvalue weighted by Crippen LogP contribution is 2.43. The quantitative estimate of drug-likeness (QED) is 0.778. The molecule has 4 heterocycles. The second-order valence-corrected chi connectivity index (χ2v) is 9.11. The molecule has 0 aliphatic carbocycles. The minimum absolute atomic E-state index is 0.0171. The van der Waals surface area contributed by atoms with E-state index in [1.54, 1.807) is 26.0 Å². The number of amides is 1. The van der Waals surface area contributed by atoms with Crippen LogP contribution in [0.25, 0.3) is 11.0 Å². The molecule has 1 aromatic carbocycles. The maximum Gasteiger partial charge on any atom is 0.339 e. The van der Waals surface area contributed by atoms with Crippen LogP contribution >= 0.6 is 11.6 Å². The van der Waals surface area contributed by atoms with E-state index in [0.29, 0.717) is 45.8 Å². The Bertz CT molecular complexity index is 1050. The summed E-state index contributed by atoms with van der Waals surface area (Å²) in [7, 11) is 0. The van der Waals surface area contributed by atoms with E-state index in [4.69, 9.17) is 20.8 Å². The molecule has 0 radical (unpaired) electrons. The van der Waals surface area contributed by atoms with Crippen LogP contribution in [-0.2, 0) is 4.79 Å². The number of carbonyl (C=O) groups excluding carboxylic acids is 1. The van der Waals surface area contributed by atoms with Crippen LogP contribution in [0.15, 0.2) is 21.3 Å². The van der Waals surface area contributed by atoms with Gasteiger partial charge in [-0.05, 0) is 57.1 Å². The van der Waals surface area contributed by atoms with Gasteiger partial charge in [0.15, 0.2) is 6.10 Å². The summed E-state index contributed by atoms with van der Waals surface area (Å²) < 4.78 is 11.3. The number of nitrogens with zero attached hydrogens (tertiary/aromatic N) is 1. The Kier molecular flexibility index (Phi) is 4.40. The summed E-state index contributed by atoms with van der Waals surface area (Å²) in [6.07, 6.45) is 1.78. The van der Waals surface area contributed by atoms with Crippen molar-refractivity contribution in [2.24, 2.45) is 11.8 Å². The van der Waals surface area contributed by atoms with Gasteiger partial charge in [0, 0.05) is 42.2 Å². The van der Waals surface area contributed by atoms with E-state index in [1.165, 1.54) is 12.8 Å². The summed E-state index contributed by atoms with van der Waals surface area (Å²) in [4.78, 5) is 26.9. The van der Waals surface area contributed by atoms with E-state index < -0.39 is 6.10 Å². The molecule has 6 nitrogen and oxygen atoms in total. The van der Waals surface area contributed by atoms with Crippen molar-refractivity contribution >= 4 is 28.5 Å². The zero-order chi connectivity index (χ0) is 20.4. The number of ether oxygens (including phenoxy) is 1. The van der Waals surface area contributed by atoms with Crippen molar-refractivity contribution in [3.8, 4) is 5.75 Å². The maximum atomic E-state index is 13.0. The van der Waals surface area contributed by atoms with Gasteiger partial charge in [-0.3, -0.25) is 4.79 Å². The summed E-state index contributed by atoms with van der Waals surface area (Å²) in [5.41, 5.74) is 1.43. The average Bonchev–Trinajstić information content (AvgIpc) is 3.40. The third-order valence-electron chi connectivity index (χ3n) is 7.14. The molecule has 5 rings (SSSR count). The van der Waals surface area contributed by atoms with E-state index >= 15 is 0 Å². The fourth-order valence-corrected chi connectivity index (χ4v) is 5.60. The predicted octanol–water partition coefficient (Wildman–Crippen LogP) is 3.04. The van der Waals surface area contributed by atoms with E-state index in [9.17, 15) is 9.59 Å². The fourth-order valence-electron chi connectivity index (χ4n) is 5.39. The zero-order valence-corrected chi connectivity index (χ0v) is 17.6. The second kappa shape index (κ2) is 6.74. The van der Waals surface area contributed by atoms with Crippen molar-refractivity contribution in [2.75, 3.05) is 13.1 Å². The van der Waals surface area contributed by atoms with Crippen molar-refractivity contribution in [3.05, 3.63) is 38.7 Å². The van der Waals surface area contributed by atoms with Crippen molar-refractivity contribution in [3.63, 3.8) is 0 Å². The van der Waals surface area contributed by atoms with Gasteiger partial charge in [0.1, 0.15) is 11.3 Å². The smallest absolute Gasteiger partial charge is 0.339 e. The third-order valence-corrected chi connectivity index (χ3v) is 7.43. The molecule has 3 saturated heterocycles. The van der Waals surface area contributed by atoms with Gasteiger partial charge in [0.2, 0.25) is 0 Å².